The molecular weight excluding hydrogens is 382 g/mol. The van der Waals surface area contributed by atoms with Gasteiger partial charge in [-0.15, -0.1) is 0 Å². The van der Waals surface area contributed by atoms with Gasteiger partial charge in [0.2, 0.25) is 5.91 Å². The van der Waals surface area contributed by atoms with Gasteiger partial charge in [-0.25, -0.2) is 13.8 Å². The Morgan fingerprint density at radius 1 is 1.17 bits per heavy atom. The van der Waals surface area contributed by atoms with E-state index >= 15 is 0 Å². The lowest BCUT2D eigenvalue weighted by Crippen LogP contribution is -2.44. The molecule has 0 radical (unpaired) electrons. The number of hydrogen-bond acceptors (Lipinski definition) is 5. The van der Waals surface area contributed by atoms with Gasteiger partial charge in [0.1, 0.15) is 11.6 Å². The van der Waals surface area contributed by atoms with Gasteiger partial charge in [0.15, 0.2) is 11.7 Å². The second-order valence-electron chi connectivity index (χ2n) is 7.72. The van der Waals surface area contributed by atoms with Crippen LogP contribution in [0.2, 0.25) is 0 Å². The van der Waals surface area contributed by atoms with Crippen molar-refractivity contribution in [1.29, 1.82) is 0 Å². The Kier molecular flexibility index (Phi) is 5.91. The summed E-state index contributed by atoms with van der Waals surface area (Å²) in [5.74, 6) is -0.775. The highest BCUT2D eigenvalue weighted by Crippen LogP contribution is 2.33. The number of halogens is 2. The van der Waals surface area contributed by atoms with Crippen molar-refractivity contribution < 1.29 is 27.5 Å². The summed E-state index contributed by atoms with van der Waals surface area (Å²) in [6.07, 6.45) is 3.74. The SMILES string of the molecule is O=C(CCc1ncc(-c2ccc(F)cc2F)o1)N1CCOCC2(CCOCC2)C1. The van der Waals surface area contributed by atoms with E-state index in [-0.39, 0.29) is 29.1 Å². The Morgan fingerprint density at radius 2 is 2.00 bits per heavy atom. The van der Waals surface area contributed by atoms with E-state index in [2.05, 4.69) is 4.98 Å². The van der Waals surface area contributed by atoms with E-state index in [1.165, 1.54) is 12.3 Å². The number of carbonyl (C=O) groups is 1. The van der Waals surface area contributed by atoms with Crippen molar-refractivity contribution >= 4 is 5.91 Å². The van der Waals surface area contributed by atoms with Gasteiger partial charge in [0.25, 0.3) is 0 Å². The standard InChI is InChI=1S/C21H24F2N2O4/c22-15-1-2-16(17(23)11-15)18-12-24-19(29-18)3-4-20(26)25-7-10-28-14-21(13-25)5-8-27-9-6-21/h1-2,11-12H,3-10,13-14H2. The number of hydrogen-bond donors (Lipinski definition) is 0. The van der Waals surface area contributed by atoms with Gasteiger partial charge >= 0.3 is 0 Å². The average Bonchev–Trinajstić information content (AvgIpc) is 3.08. The van der Waals surface area contributed by atoms with E-state index in [1.54, 1.807) is 0 Å². The van der Waals surface area contributed by atoms with Gasteiger partial charge in [-0.05, 0) is 25.0 Å². The number of aromatic nitrogens is 1. The lowest BCUT2D eigenvalue weighted by atomic mass is 9.80. The third-order valence-corrected chi connectivity index (χ3v) is 5.65. The zero-order valence-corrected chi connectivity index (χ0v) is 16.2. The first-order valence-corrected chi connectivity index (χ1v) is 9.88. The number of carbonyl (C=O) groups excluding carboxylic acids is 1. The lowest BCUT2D eigenvalue weighted by molar-refractivity contribution is -0.133. The fourth-order valence-corrected chi connectivity index (χ4v) is 3.92. The molecule has 1 amide bonds. The van der Waals surface area contributed by atoms with Crippen molar-refractivity contribution in [2.75, 3.05) is 39.5 Å². The summed E-state index contributed by atoms with van der Waals surface area (Å²) in [7, 11) is 0. The molecule has 0 aliphatic carbocycles. The molecule has 1 spiro atoms. The van der Waals surface area contributed by atoms with Crippen molar-refractivity contribution in [2.45, 2.75) is 25.7 Å². The van der Waals surface area contributed by atoms with Crippen molar-refractivity contribution in [2.24, 2.45) is 5.41 Å². The van der Waals surface area contributed by atoms with Crippen molar-refractivity contribution in [1.82, 2.24) is 9.88 Å². The molecule has 29 heavy (non-hydrogen) atoms. The van der Waals surface area contributed by atoms with Crippen LogP contribution in [-0.2, 0) is 20.7 Å². The van der Waals surface area contributed by atoms with Crippen LogP contribution in [0, 0.1) is 17.0 Å². The second-order valence-corrected chi connectivity index (χ2v) is 7.72. The maximum absolute atomic E-state index is 13.9. The van der Waals surface area contributed by atoms with Crippen LogP contribution in [0.3, 0.4) is 0 Å². The van der Waals surface area contributed by atoms with Gasteiger partial charge in [-0.2, -0.15) is 0 Å². The molecule has 0 unspecified atom stereocenters. The number of benzene rings is 1. The quantitative estimate of drug-likeness (QED) is 0.780. The first-order chi connectivity index (χ1) is 14.0. The van der Waals surface area contributed by atoms with Gasteiger partial charge in [0, 0.05) is 50.6 Å². The zero-order valence-electron chi connectivity index (χ0n) is 16.2. The smallest absolute Gasteiger partial charge is 0.223 e. The summed E-state index contributed by atoms with van der Waals surface area (Å²) in [5.41, 5.74) is 0.114. The molecule has 2 aliphatic rings. The minimum atomic E-state index is -0.713. The Morgan fingerprint density at radius 3 is 2.79 bits per heavy atom. The summed E-state index contributed by atoms with van der Waals surface area (Å²) in [6.45, 7) is 3.83. The number of ether oxygens (including phenoxy) is 2. The van der Waals surface area contributed by atoms with E-state index in [1.807, 2.05) is 4.90 Å². The van der Waals surface area contributed by atoms with E-state index in [4.69, 9.17) is 13.9 Å². The Hall–Kier alpha value is -2.32. The third kappa shape index (κ3) is 4.64. The molecule has 2 aromatic rings. The zero-order chi connectivity index (χ0) is 20.3. The largest absolute Gasteiger partial charge is 0.441 e. The number of amides is 1. The normalized spacial score (nSPS) is 19.3. The molecule has 1 aromatic heterocycles. The van der Waals surface area contributed by atoms with Crippen molar-refractivity contribution in [3.63, 3.8) is 0 Å². The van der Waals surface area contributed by atoms with Gasteiger partial charge in [-0.1, -0.05) is 0 Å². The molecule has 0 atom stereocenters. The highest BCUT2D eigenvalue weighted by molar-refractivity contribution is 5.76. The summed E-state index contributed by atoms with van der Waals surface area (Å²) in [4.78, 5) is 18.8. The highest BCUT2D eigenvalue weighted by Gasteiger charge is 2.37. The van der Waals surface area contributed by atoms with Crippen LogP contribution in [0.4, 0.5) is 8.78 Å². The number of nitrogens with zero attached hydrogens (tertiary/aromatic N) is 2. The first-order valence-electron chi connectivity index (χ1n) is 9.88. The molecule has 8 heteroatoms. The molecule has 6 nitrogen and oxygen atoms in total. The van der Waals surface area contributed by atoms with Crippen LogP contribution in [0.25, 0.3) is 11.3 Å². The minimum absolute atomic E-state index is 0.0223. The second kappa shape index (κ2) is 8.59. The maximum atomic E-state index is 13.9. The molecule has 3 heterocycles. The van der Waals surface area contributed by atoms with E-state index < -0.39 is 11.6 Å². The van der Waals surface area contributed by atoms with Crippen LogP contribution < -0.4 is 0 Å². The Labute approximate surface area is 167 Å². The monoisotopic (exact) mass is 406 g/mol. The highest BCUT2D eigenvalue weighted by atomic mass is 19.1. The molecule has 0 N–H and O–H groups in total. The lowest BCUT2D eigenvalue weighted by Gasteiger charge is -2.38. The van der Waals surface area contributed by atoms with Crippen LogP contribution in [0.15, 0.2) is 28.8 Å². The molecule has 4 rings (SSSR count). The van der Waals surface area contributed by atoms with E-state index in [0.29, 0.717) is 51.8 Å². The molecule has 0 bridgehead atoms. The summed E-state index contributed by atoms with van der Waals surface area (Å²) >= 11 is 0. The number of rotatable bonds is 4. The maximum Gasteiger partial charge on any atom is 0.223 e. The van der Waals surface area contributed by atoms with Gasteiger partial charge in [-0.3, -0.25) is 4.79 Å². The summed E-state index contributed by atoms with van der Waals surface area (Å²) in [5, 5.41) is 0. The molecule has 156 valence electrons. The van der Waals surface area contributed by atoms with Crippen molar-refractivity contribution in [3.05, 3.63) is 41.9 Å². The van der Waals surface area contributed by atoms with Crippen LogP contribution >= 0.6 is 0 Å². The predicted molar refractivity (Wildman–Crippen MR) is 100 cm³/mol. The van der Waals surface area contributed by atoms with Crippen LogP contribution in [0.1, 0.15) is 25.2 Å². The van der Waals surface area contributed by atoms with E-state index in [9.17, 15) is 13.6 Å². The number of aryl methyl sites for hydroxylation is 1. The van der Waals surface area contributed by atoms with Crippen LogP contribution in [0.5, 0.6) is 0 Å². The molecule has 2 saturated heterocycles. The molecule has 1 aromatic carbocycles. The van der Waals surface area contributed by atoms with Crippen LogP contribution in [-0.4, -0.2) is 55.3 Å². The summed E-state index contributed by atoms with van der Waals surface area (Å²) < 4.78 is 43.8. The Balaban J connectivity index is 1.37. The molecular formula is C21H24F2N2O4. The van der Waals surface area contributed by atoms with E-state index in [0.717, 1.165) is 25.0 Å². The van der Waals surface area contributed by atoms with Gasteiger partial charge in [0.05, 0.1) is 25.0 Å². The molecule has 2 aliphatic heterocycles. The van der Waals surface area contributed by atoms with Gasteiger partial charge < -0.3 is 18.8 Å². The molecule has 2 fully saturated rings. The number of oxazole rings is 1. The summed E-state index contributed by atoms with van der Waals surface area (Å²) in [6, 6.07) is 3.27. The fourth-order valence-electron chi connectivity index (χ4n) is 3.92. The average molecular weight is 406 g/mol. The third-order valence-electron chi connectivity index (χ3n) is 5.65. The van der Waals surface area contributed by atoms with Crippen molar-refractivity contribution in [3.8, 4) is 11.3 Å². The fraction of sp³-hybridized carbons (Fsp3) is 0.524. The minimum Gasteiger partial charge on any atom is -0.441 e. The molecule has 0 saturated carbocycles. The Bertz CT molecular complexity index is 864. The first kappa shape index (κ1) is 20.0. The topological polar surface area (TPSA) is 64.8 Å². The predicted octanol–water partition coefficient (Wildman–Crippen LogP) is 3.21.